The number of carboxylic acid groups (broad SMARTS) is 1. The summed E-state index contributed by atoms with van der Waals surface area (Å²) in [5.41, 5.74) is 0. The number of ether oxygens (including phenoxy) is 1. The average molecular weight is 133 g/mol. The highest BCUT2D eigenvalue weighted by atomic mass is 16.5. The molecule has 0 aliphatic rings. The Morgan fingerprint density at radius 3 is 2.89 bits per heavy atom. The fourth-order valence-electron chi connectivity index (χ4n) is 0.412. The summed E-state index contributed by atoms with van der Waals surface area (Å²) >= 11 is 0. The second-order valence-electron chi connectivity index (χ2n) is 1.58. The van der Waals surface area contributed by atoms with E-state index < -0.39 is 6.09 Å². The van der Waals surface area contributed by atoms with Crippen molar-refractivity contribution in [2.45, 2.75) is 6.42 Å². The summed E-state index contributed by atoms with van der Waals surface area (Å²) in [4.78, 5) is 9.81. The molecule has 0 saturated carbocycles. The fourth-order valence-corrected chi connectivity index (χ4v) is 0.412. The first kappa shape index (κ1) is 8.23. The summed E-state index contributed by atoms with van der Waals surface area (Å²) in [6, 6.07) is 0. The van der Waals surface area contributed by atoms with Gasteiger partial charge in [-0.3, -0.25) is 0 Å². The maximum absolute atomic E-state index is 9.81. The molecule has 0 rings (SSSR count). The number of rotatable bonds is 4. The van der Waals surface area contributed by atoms with Gasteiger partial charge >= 0.3 is 6.09 Å². The summed E-state index contributed by atoms with van der Waals surface area (Å²) in [5.74, 6) is 0. The molecule has 0 aromatic rings. The van der Waals surface area contributed by atoms with E-state index in [4.69, 9.17) is 9.84 Å². The van der Waals surface area contributed by atoms with Crippen molar-refractivity contribution in [3.63, 3.8) is 0 Å². The Kier molecular flexibility index (Phi) is 4.91. The van der Waals surface area contributed by atoms with Crippen molar-refractivity contribution in [2.75, 3.05) is 20.3 Å². The monoisotopic (exact) mass is 133 g/mol. The van der Waals surface area contributed by atoms with E-state index in [-0.39, 0.29) is 0 Å². The Labute approximate surface area is 53.8 Å². The zero-order valence-electron chi connectivity index (χ0n) is 5.39. The van der Waals surface area contributed by atoms with Crippen LogP contribution in [0.1, 0.15) is 6.42 Å². The molecule has 0 unspecified atom stereocenters. The summed E-state index contributed by atoms with van der Waals surface area (Å²) in [7, 11) is 1.58. The minimum absolute atomic E-state index is 0.461. The zero-order valence-corrected chi connectivity index (χ0v) is 5.39. The maximum atomic E-state index is 9.81. The minimum Gasteiger partial charge on any atom is -0.465 e. The molecule has 0 spiro atoms. The Bertz CT molecular complexity index is 84.3. The zero-order chi connectivity index (χ0) is 7.11. The minimum atomic E-state index is -0.980. The Morgan fingerprint density at radius 1 is 1.78 bits per heavy atom. The third kappa shape index (κ3) is 7.23. The molecule has 0 aromatic heterocycles. The van der Waals surface area contributed by atoms with Crippen LogP contribution in [0.2, 0.25) is 0 Å². The highest BCUT2D eigenvalue weighted by Gasteiger charge is 1.90. The molecule has 4 nitrogen and oxygen atoms in total. The molecule has 1 amide bonds. The van der Waals surface area contributed by atoms with Gasteiger partial charge in [0.05, 0.1) is 0 Å². The van der Waals surface area contributed by atoms with Gasteiger partial charge in [0.25, 0.3) is 0 Å². The van der Waals surface area contributed by atoms with Gasteiger partial charge in [-0.15, -0.1) is 0 Å². The van der Waals surface area contributed by atoms with E-state index in [0.29, 0.717) is 13.2 Å². The lowest BCUT2D eigenvalue weighted by molar-refractivity contribution is 0.182. The first-order valence-electron chi connectivity index (χ1n) is 2.73. The first-order chi connectivity index (χ1) is 4.27. The molecule has 9 heavy (non-hydrogen) atoms. The van der Waals surface area contributed by atoms with E-state index in [1.807, 2.05) is 0 Å². The van der Waals surface area contributed by atoms with E-state index in [2.05, 4.69) is 5.32 Å². The normalized spacial score (nSPS) is 9.00. The van der Waals surface area contributed by atoms with Gasteiger partial charge in [-0.2, -0.15) is 0 Å². The van der Waals surface area contributed by atoms with Crippen molar-refractivity contribution in [1.29, 1.82) is 0 Å². The number of amides is 1. The summed E-state index contributed by atoms with van der Waals surface area (Å²) < 4.78 is 4.69. The van der Waals surface area contributed by atoms with Crippen LogP contribution < -0.4 is 5.32 Å². The van der Waals surface area contributed by atoms with Crippen molar-refractivity contribution in [1.82, 2.24) is 5.32 Å². The second kappa shape index (κ2) is 5.37. The topological polar surface area (TPSA) is 58.6 Å². The molecule has 0 saturated heterocycles. The largest absolute Gasteiger partial charge is 0.465 e. The fraction of sp³-hybridized carbons (Fsp3) is 0.800. The van der Waals surface area contributed by atoms with Crippen LogP contribution in [-0.4, -0.2) is 31.5 Å². The number of carbonyl (C=O) groups is 1. The van der Waals surface area contributed by atoms with Crippen LogP contribution >= 0.6 is 0 Å². The van der Waals surface area contributed by atoms with Gasteiger partial charge in [0, 0.05) is 20.3 Å². The second-order valence-corrected chi connectivity index (χ2v) is 1.58. The van der Waals surface area contributed by atoms with E-state index in [0.717, 1.165) is 6.42 Å². The van der Waals surface area contributed by atoms with Gasteiger partial charge in [0.1, 0.15) is 0 Å². The molecular formula is C5H11NO3. The molecule has 0 aliphatic heterocycles. The molecule has 0 fully saturated rings. The molecule has 0 aromatic carbocycles. The lowest BCUT2D eigenvalue weighted by Gasteiger charge is -1.97. The molecular weight excluding hydrogens is 122 g/mol. The van der Waals surface area contributed by atoms with Crippen molar-refractivity contribution in [3.8, 4) is 0 Å². The number of hydrogen-bond donors (Lipinski definition) is 2. The molecule has 0 atom stereocenters. The quantitative estimate of drug-likeness (QED) is 0.542. The van der Waals surface area contributed by atoms with Crippen molar-refractivity contribution < 1.29 is 14.6 Å². The molecule has 0 aliphatic carbocycles. The van der Waals surface area contributed by atoms with Crippen molar-refractivity contribution in [2.24, 2.45) is 0 Å². The van der Waals surface area contributed by atoms with Crippen molar-refractivity contribution in [3.05, 3.63) is 0 Å². The molecule has 0 heterocycles. The van der Waals surface area contributed by atoms with E-state index in [1.54, 1.807) is 7.11 Å². The standard InChI is InChI=1S/C5H11NO3/c1-9-4-2-3-6-5(7)8/h6H,2-4H2,1H3,(H,7,8). The third-order valence-electron chi connectivity index (χ3n) is 0.801. The lowest BCUT2D eigenvalue weighted by Crippen LogP contribution is -2.22. The summed E-state index contributed by atoms with van der Waals surface area (Å²) in [6.45, 7) is 1.06. The van der Waals surface area contributed by atoms with Gasteiger partial charge in [-0.05, 0) is 6.42 Å². The molecule has 0 radical (unpaired) electrons. The Hall–Kier alpha value is -0.770. The van der Waals surface area contributed by atoms with Gasteiger partial charge in [0.15, 0.2) is 0 Å². The Balaban J connectivity index is 2.83. The predicted molar refractivity (Wildman–Crippen MR) is 32.5 cm³/mol. The van der Waals surface area contributed by atoms with Crippen molar-refractivity contribution >= 4 is 6.09 Å². The lowest BCUT2D eigenvalue weighted by atomic mass is 10.4. The first-order valence-corrected chi connectivity index (χ1v) is 2.73. The molecule has 4 heteroatoms. The third-order valence-corrected chi connectivity index (χ3v) is 0.801. The van der Waals surface area contributed by atoms with Gasteiger partial charge in [0.2, 0.25) is 0 Å². The molecule has 0 bridgehead atoms. The molecule has 2 N–H and O–H groups in total. The van der Waals surface area contributed by atoms with Gasteiger partial charge in [-0.25, -0.2) is 4.79 Å². The van der Waals surface area contributed by atoms with Crippen LogP contribution in [0.15, 0.2) is 0 Å². The average Bonchev–Trinajstić information content (AvgIpc) is 1.80. The SMILES string of the molecule is COCCCNC(=O)O. The smallest absolute Gasteiger partial charge is 0.404 e. The predicted octanol–water partition coefficient (Wildman–Crippen LogP) is 0.290. The summed E-state index contributed by atoms with van der Waals surface area (Å²) in [5, 5.41) is 10.3. The number of hydrogen-bond acceptors (Lipinski definition) is 2. The summed E-state index contributed by atoms with van der Waals surface area (Å²) in [6.07, 6.45) is -0.255. The molecule has 54 valence electrons. The van der Waals surface area contributed by atoms with Crippen LogP contribution in [-0.2, 0) is 4.74 Å². The van der Waals surface area contributed by atoms with Gasteiger partial charge in [-0.1, -0.05) is 0 Å². The van der Waals surface area contributed by atoms with Crippen LogP contribution in [0.3, 0.4) is 0 Å². The van der Waals surface area contributed by atoms with Gasteiger partial charge < -0.3 is 15.2 Å². The maximum Gasteiger partial charge on any atom is 0.404 e. The van der Waals surface area contributed by atoms with E-state index in [1.165, 1.54) is 0 Å². The highest BCUT2D eigenvalue weighted by molar-refractivity contribution is 5.64. The Morgan fingerprint density at radius 2 is 2.44 bits per heavy atom. The number of methoxy groups -OCH3 is 1. The number of nitrogens with one attached hydrogen (secondary N) is 1. The van der Waals surface area contributed by atoms with Crippen LogP contribution in [0.4, 0.5) is 4.79 Å². The van der Waals surface area contributed by atoms with Crippen LogP contribution in [0, 0.1) is 0 Å². The van der Waals surface area contributed by atoms with Crippen LogP contribution in [0.5, 0.6) is 0 Å². The van der Waals surface area contributed by atoms with E-state index in [9.17, 15) is 4.79 Å². The van der Waals surface area contributed by atoms with E-state index >= 15 is 0 Å². The van der Waals surface area contributed by atoms with Crippen LogP contribution in [0.25, 0.3) is 0 Å². The highest BCUT2D eigenvalue weighted by Crippen LogP contribution is 1.75.